The zero-order valence-corrected chi connectivity index (χ0v) is 17.0. The van der Waals surface area contributed by atoms with Crippen LogP contribution in [0.2, 0.25) is 0 Å². The Labute approximate surface area is 169 Å². The van der Waals surface area contributed by atoms with E-state index >= 15 is 0 Å². The topological polar surface area (TPSA) is 98.5 Å². The lowest BCUT2D eigenvalue weighted by Gasteiger charge is -2.11. The van der Waals surface area contributed by atoms with Crippen molar-refractivity contribution in [1.82, 2.24) is 9.78 Å². The molecule has 2 aromatic carbocycles. The molecule has 0 aliphatic rings. The van der Waals surface area contributed by atoms with Gasteiger partial charge in [0.2, 0.25) is 9.84 Å². The Balaban J connectivity index is 2.05. The van der Waals surface area contributed by atoms with E-state index in [4.69, 9.17) is 9.84 Å². The van der Waals surface area contributed by atoms with Gasteiger partial charge >= 0.3 is 5.97 Å². The maximum absolute atomic E-state index is 13.3. The number of aryl methyl sites for hydroxylation is 1. The van der Waals surface area contributed by atoms with Gasteiger partial charge in [0.1, 0.15) is 5.75 Å². The highest BCUT2D eigenvalue weighted by molar-refractivity contribution is 7.91. The first-order valence-electron chi connectivity index (χ1n) is 9.12. The van der Waals surface area contributed by atoms with Gasteiger partial charge in [-0.2, -0.15) is 5.10 Å². The first-order chi connectivity index (χ1) is 13.8. The second-order valence-corrected chi connectivity index (χ2v) is 8.62. The molecule has 1 N–H and O–H groups in total. The van der Waals surface area contributed by atoms with Crippen LogP contribution in [-0.4, -0.2) is 35.9 Å². The quantitative estimate of drug-likeness (QED) is 0.607. The lowest BCUT2D eigenvalue weighted by Crippen LogP contribution is -2.07. The normalized spacial score (nSPS) is 11.4. The van der Waals surface area contributed by atoms with Crippen LogP contribution in [0.1, 0.15) is 18.9 Å². The third-order valence-corrected chi connectivity index (χ3v) is 5.99. The van der Waals surface area contributed by atoms with E-state index in [0.717, 1.165) is 17.5 Å². The van der Waals surface area contributed by atoms with Gasteiger partial charge in [-0.05, 0) is 47.9 Å². The number of ether oxygens (including phenoxy) is 1. The van der Waals surface area contributed by atoms with E-state index in [9.17, 15) is 13.2 Å². The Morgan fingerprint density at radius 1 is 1.14 bits per heavy atom. The Kier molecular flexibility index (Phi) is 6.03. The monoisotopic (exact) mass is 414 g/mol. The summed E-state index contributed by atoms with van der Waals surface area (Å²) in [6.07, 6.45) is 3.92. The summed E-state index contributed by atoms with van der Waals surface area (Å²) < 4.78 is 33.7. The highest BCUT2D eigenvalue weighted by Gasteiger charge is 2.21. The zero-order chi connectivity index (χ0) is 21.0. The Morgan fingerprint density at radius 3 is 2.59 bits per heavy atom. The van der Waals surface area contributed by atoms with Crippen molar-refractivity contribution in [2.24, 2.45) is 7.05 Å². The number of aromatic nitrogens is 2. The molecule has 0 atom stereocenters. The fourth-order valence-electron chi connectivity index (χ4n) is 2.91. The summed E-state index contributed by atoms with van der Waals surface area (Å²) in [7, 11) is -2.08. The molecule has 0 unspecified atom stereocenters. The summed E-state index contributed by atoms with van der Waals surface area (Å²) in [4.78, 5) is 11.3. The van der Waals surface area contributed by atoms with Gasteiger partial charge in [0.25, 0.3) is 0 Å². The van der Waals surface area contributed by atoms with Crippen molar-refractivity contribution in [1.29, 1.82) is 0 Å². The molecule has 0 saturated carbocycles. The van der Waals surface area contributed by atoms with E-state index in [1.54, 1.807) is 42.3 Å². The van der Waals surface area contributed by atoms with Crippen LogP contribution in [0.15, 0.2) is 64.6 Å². The molecule has 0 aliphatic heterocycles. The number of nitrogens with zero attached hydrogens (tertiary/aromatic N) is 2. The van der Waals surface area contributed by atoms with E-state index in [-0.39, 0.29) is 16.2 Å². The molecule has 0 amide bonds. The molecule has 0 fully saturated rings. The van der Waals surface area contributed by atoms with Crippen molar-refractivity contribution >= 4 is 15.8 Å². The maximum atomic E-state index is 13.3. The first-order valence-corrected chi connectivity index (χ1v) is 10.6. The number of sulfone groups is 1. The second kappa shape index (κ2) is 8.48. The predicted molar refractivity (Wildman–Crippen MR) is 108 cm³/mol. The summed E-state index contributed by atoms with van der Waals surface area (Å²) in [5.41, 5.74) is 1.90. The molecule has 0 aliphatic carbocycles. The minimum Gasteiger partial charge on any atom is -0.494 e. The molecule has 3 rings (SSSR count). The smallest absolute Gasteiger partial charge is 0.307 e. The number of carbonyl (C=O) groups is 1. The number of carboxylic acid groups (broad SMARTS) is 1. The van der Waals surface area contributed by atoms with Gasteiger partial charge in [0.15, 0.2) is 0 Å². The van der Waals surface area contributed by atoms with Gasteiger partial charge in [-0.15, -0.1) is 0 Å². The standard InChI is InChI=1S/C21H22N2O5S/c1-3-7-28-18-8-15(10-21(24)25)9-20(12-18)29(26,27)19-6-4-5-16(11-19)17-13-22-23(2)14-17/h4-6,8-9,11-14H,3,7,10H2,1-2H3,(H,24,25). The number of rotatable bonds is 8. The Bertz CT molecular complexity index is 1140. The van der Waals surface area contributed by atoms with Crippen LogP contribution < -0.4 is 4.74 Å². The van der Waals surface area contributed by atoms with Crippen molar-refractivity contribution in [3.05, 3.63) is 60.4 Å². The molecule has 0 bridgehead atoms. The SMILES string of the molecule is CCCOc1cc(CC(=O)O)cc(S(=O)(=O)c2cccc(-c3cnn(C)c3)c2)c1. The van der Waals surface area contributed by atoms with E-state index in [2.05, 4.69) is 5.10 Å². The highest BCUT2D eigenvalue weighted by atomic mass is 32.2. The summed E-state index contributed by atoms with van der Waals surface area (Å²) in [6.45, 7) is 2.34. The number of benzene rings is 2. The van der Waals surface area contributed by atoms with Crippen molar-refractivity contribution in [2.45, 2.75) is 29.6 Å². The van der Waals surface area contributed by atoms with Crippen molar-refractivity contribution in [2.75, 3.05) is 6.61 Å². The average molecular weight is 414 g/mol. The lowest BCUT2D eigenvalue weighted by atomic mass is 10.1. The van der Waals surface area contributed by atoms with Crippen LogP contribution in [0.3, 0.4) is 0 Å². The molecule has 152 valence electrons. The zero-order valence-electron chi connectivity index (χ0n) is 16.2. The summed E-state index contributed by atoms with van der Waals surface area (Å²) >= 11 is 0. The number of aliphatic carboxylic acids is 1. The van der Waals surface area contributed by atoms with Gasteiger partial charge in [-0.1, -0.05) is 19.1 Å². The second-order valence-electron chi connectivity index (χ2n) is 6.67. The predicted octanol–water partition coefficient (Wildman–Crippen LogP) is 3.34. The fraction of sp³-hybridized carbons (Fsp3) is 0.238. The third kappa shape index (κ3) is 4.83. The molecule has 0 spiro atoms. The van der Waals surface area contributed by atoms with Gasteiger partial charge in [0, 0.05) is 18.8 Å². The average Bonchev–Trinajstić information content (AvgIpc) is 3.12. The van der Waals surface area contributed by atoms with Gasteiger partial charge in [0.05, 0.1) is 29.0 Å². The van der Waals surface area contributed by atoms with Crippen LogP contribution in [-0.2, 0) is 28.1 Å². The van der Waals surface area contributed by atoms with Crippen LogP contribution in [0.5, 0.6) is 5.75 Å². The molecule has 3 aromatic rings. The molecule has 1 heterocycles. The fourth-order valence-corrected chi connectivity index (χ4v) is 4.30. The van der Waals surface area contributed by atoms with Crippen molar-refractivity contribution in [3.63, 3.8) is 0 Å². The van der Waals surface area contributed by atoms with E-state index in [1.807, 2.05) is 13.0 Å². The minimum absolute atomic E-state index is 0.00527. The van der Waals surface area contributed by atoms with Crippen LogP contribution >= 0.6 is 0 Å². The molecule has 8 heteroatoms. The van der Waals surface area contributed by atoms with Gasteiger partial charge < -0.3 is 9.84 Å². The molecule has 0 saturated heterocycles. The maximum Gasteiger partial charge on any atom is 0.307 e. The molecule has 29 heavy (non-hydrogen) atoms. The molecular weight excluding hydrogens is 392 g/mol. The van der Waals surface area contributed by atoms with E-state index in [0.29, 0.717) is 17.9 Å². The Morgan fingerprint density at radius 2 is 1.93 bits per heavy atom. The highest BCUT2D eigenvalue weighted by Crippen LogP contribution is 2.29. The molecule has 0 radical (unpaired) electrons. The summed E-state index contributed by atoms with van der Waals surface area (Å²) in [5, 5.41) is 13.2. The minimum atomic E-state index is -3.87. The van der Waals surface area contributed by atoms with Crippen molar-refractivity contribution < 1.29 is 23.1 Å². The van der Waals surface area contributed by atoms with Gasteiger partial charge in [-0.25, -0.2) is 8.42 Å². The number of hydrogen-bond donors (Lipinski definition) is 1. The van der Waals surface area contributed by atoms with Gasteiger partial charge in [-0.3, -0.25) is 9.48 Å². The summed E-state index contributed by atoms with van der Waals surface area (Å²) in [5.74, 6) is -0.702. The lowest BCUT2D eigenvalue weighted by molar-refractivity contribution is -0.136. The third-order valence-electron chi connectivity index (χ3n) is 4.26. The van der Waals surface area contributed by atoms with Crippen LogP contribution in [0.25, 0.3) is 11.1 Å². The molecular formula is C21H22N2O5S. The van der Waals surface area contributed by atoms with E-state index in [1.165, 1.54) is 18.2 Å². The Hall–Kier alpha value is -3.13. The van der Waals surface area contributed by atoms with Crippen molar-refractivity contribution in [3.8, 4) is 16.9 Å². The van der Waals surface area contributed by atoms with Crippen LogP contribution in [0.4, 0.5) is 0 Å². The largest absolute Gasteiger partial charge is 0.494 e. The summed E-state index contributed by atoms with van der Waals surface area (Å²) in [6, 6.07) is 11.0. The number of hydrogen-bond acceptors (Lipinski definition) is 5. The number of carboxylic acids is 1. The molecule has 1 aromatic heterocycles. The van der Waals surface area contributed by atoms with E-state index < -0.39 is 15.8 Å². The first kappa shape index (κ1) is 20.6. The molecule has 7 nitrogen and oxygen atoms in total. The van der Waals surface area contributed by atoms with Crippen LogP contribution in [0, 0.1) is 0 Å².